The average Bonchev–Trinajstić information content (AvgIpc) is 2.97. The summed E-state index contributed by atoms with van der Waals surface area (Å²) in [5.41, 5.74) is -5.80. The van der Waals surface area contributed by atoms with Gasteiger partial charge in [0.2, 0.25) is 10.3 Å². The van der Waals surface area contributed by atoms with E-state index in [1.165, 1.54) is 0 Å². The average molecular weight is 328 g/mol. The highest BCUT2D eigenvalue weighted by atomic mass is 32.3. The largest absolute Gasteiger partial charge is 0.480 e. The Morgan fingerprint density at radius 3 is 2.26 bits per heavy atom. The van der Waals surface area contributed by atoms with Crippen molar-refractivity contribution in [2.75, 3.05) is 26.4 Å². The van der Waals surface area contributed by atoms with Crippen molar-refractivity contribution in [2.45, 2.75) is 11.6 Å². The van der Waals surface area contributed by atoms with E-state index in [0.29, 0.717) is 6.61 Å². The topological polar surface area (TPSA) is 113 Å². The van der Waals surface area contributed by atoms with Crippen LogP contribution in [0.25, 0.3) is 4.13 Å². The van der Waals surface area contributed by atoms with Gasteiger partial charge >= 0.3 is 5.51 Å². The molecule has 8 nitrogen and oxygen atoms in total. The Kier molecular flexibility index (Phi) is 5.14. The summed E-state index contributed by atoms with van der Waals surface area (Å²) in [6.45, 7) is -0.230. The minimum absolute atomic E-state index is 0.0769. The minimum atomic E-state index is -6.15. The molecule has 0 aromatic rings. The highest BCUT2D eigenvalue weighted by Crippen LogP contribution is 2.30. The molecule has 0 N–H and O–H groups in total. The van der Waals surface area contributed by atoms with Gasteiger partial charge in [0.15, 0.2) is 10.0 Å². The first-order valence-electron chi connectivity index (χ1n) is 4.68. The number of nitrogens with zero attached hydrogens (tertiary/aromatic N) is 1. The Labute approximate surface area is 107 Å². The van der Waals surface area contributed by atoms with Gasteiger partial charge in [0.05, 0.1) is 26.4 Å². The number of sulfonamides is 1. The second-order valence-electron chi connectivity index (χ2n) is 3.28. The van der Waals surface area contributed by atoms with Crippen LogP contribution in [0.4, 0.5) is 13.2 Å². The van der Waals surface area contributed by atoms with Gasteiger partial charge in [-0.25, -0.2) is 16.8 Å². The molecule has 13 heteroatoms. The second kappa shape index (κ2) is 5.88. The van der Waals surface area contributed by atoms with E-state index in [0.717, 1.165) is 0 Å². The van der Waals surface area contributed by atoms with Crippen molar-refractivity contribution >= 4 is 20.3 Å². The van der Waals surface area contributed by atoms with Gasteiger partial charge in [-0.2, -0.15) is 13.2 Å². The third-order valence-electron chi connectivity index (χ3n) is 1.65. The van der Waals surface area contributed by atoms with Crippen molar-refractivity contribution in [2.24, 2.45) is 0 Å². The van der Waals surface area contributed by atoms with Crippen molar-refractivity contribution < 1.29 is 43.7 Å². The maximum Gasteiger partial charge on any atom is 0.480 e. The third-order valence-corrected chi connectivity index (χ3v) is 4.21. The highest BCUT2D eigenvalue weighted by Gasteiger charge is 2.40. The lowest BCUT2D eigenvalue weighted by Gasteiger charge is -2.21. The molecule has 1 heterocycles. The number of ether oxygens (including phenoxy) is 2. The van der Waals surface area contributed by atoms with Gasteiger partial charge in [0, 0.05) is 0 Å². The van der Waals surface area contributed by atoms with Crippen LogP contribution in [0, 0.1) is 0 Å². The first kappa shape index (κ1) is 16.6. The first-order chi connectivity index (χ1) is 8.54. The quantitative estimate of drug-likeness (QED) is 0.451. The van der Waals surface area contributed by atoms with Crippen molar-refractivity contribution in [3.63, 3.8) is 0 Å². The predicted molar refractivity (Wildman–Crippen MR) is 53.8 cm³/mol. The Morgan fingerprint density at radius 2 is 1.79 bits per heavy atom. The van der Waals surface area contributed by atoms with Crippen LogP contribution in [-0.4, -0.2) is 54.9 Å². The lowest BCUT2D eigenvalue weighted by Crippen LogP contribution is -2.25. The lowest BCUT2D eigenvalue weighted by atomic mass is 10.5. The highest BCUT2D eigenvalue weighted by molar-refractivity contribution is 8.10. The predicted octanol–water partition coefficient (Wildman–Crippen LogP) is -0.113. The number of alkyl halides is 3. The van der Waals surface area contributed by atoms with Crippen molar-refractivity contribution in [3.05, 3.63) is 4.13 Å². The molecule has 1 aliphatic heterocycles. The van der Waals surface area contributed by atoms with Gasteiger partial charge in [0.1, 0.15) is 6.10 Å². The zero-order valence-electron chi connectivity index (χ0n) is 9.16. The van der Waals surface area contributed by atoms with Crippen molar-refractivity contribution in [1.29, 1.82) is 0 Å². The van der Waals surface area contributed by atoms with E-state index < -0.39 is 32.4 Å². The summed E-state index contributed by atoms with van der Waals surface area (Å²) in [7, 11) is -11.4. The smallest absolute Gasteiger partial charge is 0.404 e. The molecule has 1 unspecified atom stereocenters. The Hall–Kier alpha value is -0.470. The molecule has 1 atom stereocenters. The number of rotatable bonds is 8. The molecule has 19 heavy (non-hydrogen) atoms. The zero-order valence-corrected chi connectivity index (χ0v) is 10.8. The summed E-state index contributed by atoms with van der Waals surface area (Å²) in [6, 6.07) is 0. The molecule has 0 spiro atoms. The molecular weight excluding hydrogens is 319 g/mol. The summed E-state index contributed by atoms with van der Waals surface area (Å²) < 4.78 is 93.4. The fourth-order valence-electron chi connectivity index (χ4n) is 0.761. The summed E-state index contributed by atoms with van der Waals surface area (Å²) in [4.78, 5) is 0. The molecule has 1 aliphatic rings. The van der Waals surface area contributed by atoms with Crippen molar-refractivity contribution in [1.82, 2.24) is 0 Å². The van der Waals surface area contributed by atoms with Gasteiger partial charge in [-0.15, -0.1) is 0 Å². The maximum absolute atomic E-state index is 11.9. The molecule has 0 aliphatic carbocycles. The van der Waals surface area contributed by atoms with E-state index in [9.17, 15) is 30.0 Å². The normalized spacial score (nSPS) is 20.5. The van der Waals surface area contributed by atoms with Gasteiger partial charge in [-0.1, -0.05) is 0 Å². The summed E-state index contributed by atoms with van der Waals surface area (Å²) >= 11 is 0. The molecule has 1 saturated heterocycles. The third kappa shape index (κ3) is 6.01. The SMILES string of the molecule is O=S(=O)([N-]S(=O)(=O)C(F)(F)F)OCCOCC1CO1. The Morgan fingerprint density at radius 1 is 1.21 bits per heavy atom. The van der Waals surface area contributed by atoms with Crippen LogP contribution in [0.3, 0.4) is 0 Å². The molecule has 0 aromatic carbocycles. The first-order valence-corrected chi connectivity index (χ1v) is 7.48. The Balaban J connectivity index is 2.34. The van der Waals surface area contributed by atoms with E-state index in [-0.39, 0.29) is 19.3 Å². The monoisotopic (exact) mass is 328 g/mol. The molecule has 0 saturated carbocycles. The number of epoxide rings is 1. The standard InChI is InChI=1S/C6H9F3NO7S2/c7-6(8,9)18(11,12)10-19(13,14)17-2-1-15-3-5-4-16-5/h5H,1-4H2/q-1. The molecule has 0 radical (unpaired) electrons. The minimum Gasteiger partial charge on any atom is -0.404 e. The maximum atomic E-state index is 11.9. The van der Waals surface area contributed by atoms with Crippen LogP contribution in [0.15, 0.2) is 0 Å². The number of hydrogen-bond donors (Lipinski definition) is 0. The summed E-state index contributed by atoms with van der Waals surface area (Å²) in [5, 5.41) is 0. The van der Waals surface area contributed by atoms with E-state index >= 15 is 0 Å². The Bertz CT molecular complexity index is 495. The fraction of sp³-hybridized carbons (Fsp3) is 1.00. The molecule has 0 amide bonds. The molecule has 1 rings (SSSR count). The van der Waals surface area contributed by atoms with E-state index in [1.807, 2.05) is 0 Å². The molecule has 1 fully saturated rings. The lowest BCUT2D eigenvalue weighted by molar-refractivity contribution is -0.0425. The summed E-state index contributed by atoms with van der Waals surface area (Å²) in [6.07, 6.45) is -0.0769. The van der Waals surface area contributed by atoms with E-state index in [1.54, 1.807) is 4.13 Å². The molecule has 0 bridgehead atoms. The van der Waals surface area contributed by atoms with E-state index in [2.05, 4.69) is 4.18 Å². The molecule has 114 valence electrons. The van der Waals surface area contributed by atoms with Crippen LogP contribution < -0.4 is 0 Å². The van der Waals surface area contributed by atoms with Crippen LogP contribution in [0.2, 0.25) is 0 Å². The summed E-state index contributed by atoms with van der Waals surface area (Å²) in [5.74, 6) is 0. The van der Waals surface area contributed by atoms with Crippen LogP contribution in [-0.2, 0) is 34.0 Å². The van der Waals surface area contributed by atoms with E-state index in [4.69, 9.17) is 9.47 Å². The second-order valence-corrected chi connectivity index (χ2v) is 6.38. The van der Waals surface area contributed by atoms with Crippen molar-refractivity contribution in [3.8, 4) is 0 Å². The van der Waals surface area contributed by atoms with Crippen LogP contribution >= 0.6 is 0 Å². The zero-order chi connectivity index (χ0) is 14.7. The molecular formula is C6H9F3NO7S2-. The van der Waals surface area contributed by atoms with Gasteiger partial charge in [0.25, 0.3) is 0 Å². The number of hydrogen-bond acceptors (Lipinski definition) is 7. The van der Waals surface area contributed by atoms with Crippen LogP contribution in [0.1, 0.15) is 0 Å². The fourth-order valence-corrected chi connectivity index (χ4v) is 2.51. The van der Waals surface area contributed by atoms with Gasteiger partial charge in [-0.3, -0.25) is 4.18 Å². The van der Waals surface area contributed by atoms with Crippen LogP contribution in [0.5, 0.6) is 0 Å². The van der Waals surface area contributed by atoms with Gasteiger partial charge in [-0.05, 0) is 0 Å². The number of halogens is 3. The van der Waals surface area contributed by atoms with Gasteiger partial charge < -0.3 is 13.6 Å². The molecule has 0 aromatic heterocycles.